The number of methoxy groups -OCH3 is 1. The second-order valence-corrected chi connectivity index (χ2v) is 6.91. The number of carbonyl (C=O) groups excluding carboxylic acids is 1. The van der Waals surface area contributed by atoms with Crippen LogP contribution < -0.4 is 15.7 Å². The Kier molecular flexibility index (Phi) is 5.15. The highest BCUT2D eigenvalue weighted by Gasteiger charge is 2.13. The molecule has 0 aliphatic heterocycles. The van der Waals surface area contributed by atoms with E-state index in [9.17, 15) is 14.7 Å². The van der Waals surface area contributed by atoms with Crippen LogP contribution in [0.3, 0.4) is 0 Å². The molecule has 1 heterocycles. The third-order valence-electron chi connectivity index (χ3n) is 3.59. The molecular weight excluding hydrogens is 372 g/mol. The summed E-state index contributed by atoms with van der Waals surface area (Å²) in [5, 5.41) is 9.75. The molecule has 0 saturated heterocycles. The van der Waals surface area contributed by atoms with Crippen molar-refractivity contribution in [1.82, 2.24) is 4.68 Å². The number of carbonyl (C=O) groups is 1. The fourth-order valence-corrected chi connectivity index (χ4v) is 3.50. The van der Waals surface area contributed by atoms with Crippen molar-refractivity contribution in [3.05, 3.63) is 74.5 Å². The van der Waals surface area contributed by atoms with Crippen molar-refractivity contribution in [3.8, 4) is 21.9 Å². The summed E-state index contributed by atoms with van der Waals surface area (Å²) in [4.78, 5) is 25.4. The van der Waals surface area contributed by atoms with Crippen LogP contribution in [0.5, 0.6) is 11.5 Å². The number of aromatic nitrogens is 1. The van der Waals surface area contributed by atoms with Crippen molar-refractivity contribution in [2.45, 2.75) is 0 Å². The molecule has 8 heteroatoms. The molecule has 0 fully saturated rings. The van der Waals surface area contributed by atoms with E-state index in [-0.39, 0.29) is 15.3 Å². The van der Waals surface area contributed by atoms with Gasteiger partial charge in [0.15, 0.2) is 3.95 Å². The summed E-state index contributed by atoms with van der Waals surface area (Å²) in [6, 6.07) is 14.7. The summed E-state index contributed by atoms with van der Waals surface area (Å²) < 4.78 is 6.29. The predicted octanol–water partition coefficient (Wildman–Crippen LogP) is 3.40. The van der Waals surface area contributed by atoms with Gasteiger partial charge in [0, 0.05) is 10.9 Å². The molecule has 2 aromatic carbocycles. The van der Waals surface area contributed by atoms with Gasteiger partial charge in [0.05, 0.1) is 12.7 Å². The van der Waals surface area contributed by atoms with Crippen LogP contribution in [0.1, 0.15) is 10.4 Å². The van der Waals surface area contributed by atoms with E-state index in [1.807, 2.05) is 12.1 Å². The number of aromatic hydroxyl groups is 1. The average Bonchev–Trinajstić information content (AvgIpc) is 2.64. The molecule has 0 bridgehead atoms. The minimum atomic E-state index is -0.624. The number of hydrogen-bond acceptors (Lipinski definition) is 6. The van der Waals surface area contributed by atoms with Crippen LogP contribution in [0.15, 0.2) is 59.4 Å². The molecule has 3 aromatic rings. The lowest BCUT2D eigenvalue weighted by Gasteiger charge is -2.10. The first kappa shape index (κ1) is 17.8. The highest BCUT2D eigenvalue weighted by molar-refractivity contribution is 7.73. The molecule has 3 rings (SSSR count). The van der Waals surface area contributed by atoms with E-state index >= 15 is 0 Å². The second-order valence-electron chi connectivity index (χ2n) is 5.24. The normalized spacial score (nSPS) is 10.3. The molecule has 0 aliphatic carbocycles. The van der Waals surface area contributed by atoms with Crippen LogP contribution in [0.25, 0.3) is 10.4 Å². The fourth-order valence-electron chi connectivity index (χ4n) is 2.26. The number of nitrogens with zero attached hydrogens (tertiary/aromatic N) is 1. The fraction of sp³-hybridized carbons (Fsp3) is 0.0556. The summed E-state index contributed by atoms with van der Waals surface area (Å²) in [6.45, 7) is 0. The standard InChI is InChI=1S/C18H14N2O4S2/c1-24-12-8-6-11(7-9-12)15-10-16(22)20(18(25)26-15)19-17(23)13-4-2-3-5-14(13)21/h2-10,21H,1H3,(H,19,23). The van der Waals surface area contributed by atoms with Gasteiger partial charge in [0.2, 0.25) is 0 Å². The zero-order valence-electron chi connectivity index (χ0n) is 13.6. The number of hydrogen-bond donors (Lipinski definition) is 2. The van der Waals surface area contributed by atoms with E-state index < -0.39 is 11.5 Å². The monoisotopic (exact) mass is 386 g/mol. The highest BCUT2D eigenvalue weighted by atomic mass is 32.1. The Hall–Kier alpha value is -2.97. The van der Waals surface area contributed by atoms with Gasteiger partial charge >= 0.3 is 0 Å². The van der Waals surface area contributed by atoms with Crippen LogP contribution in [0, 0.1) is 3.95 Å². The van der Waals surface area contributed by atoms with Gasteiger partial charge < -0.3 is 9.84 Å². The molecule has 26 heavy (non-hydrogen) atoms. The number of nitrogens with one attached hydrogen (secondary N) is 1. The first-order valence-electron chi connectivity index (χ1n) is 7.50. The van der Waals surface area contributed by atoms with E-state index in [4.69, 9.17) is 17.0 Å². The van der Waals surface area contributed by atoms with E-state index in [1.165, 1.54) is 29.5 Å². The largest absolute Gasteiger partial charge is 0.507 e. The lowest BCUT2D eigenvalue weighted by molar-refractivity contribution is 0.100. The van der Waals surface area contributed by atoms with E-state index in [1.54, 1.807) is 31.4 Å². The number of benzene rings is 2. The van der Waals surface area contributed by atoms with Crippen molar-refractivity contribution in [2.24, 2.45) is 0 Å². The summed E-state index contributed by atoms with van der Waals surface area (Å²) in [6.07, 6.45) is 0. The average molecular weight is 386 g/mol. The van der Waals surface area contributed by atoms with Gasteiger partial charge in [0.25, 0.3) is 11.5 Å². The van der Waals surface area contributed by atoms with Gasteiger partial charge in [-0.3, -0.25) is 15.0 Å². The van der Waals surface area contributed by atoms with Crippen LogP contribution >= 0.6 is 23.6 Å². The maximum absolute atomic E-state index is 12.4. The van der Waals surface area contributed by atoms with E-state index in [2.05, 4.69) is 5.43 Å². The molecule has 2 N–H and O–H groups in total. The summed E-state index contributed by atoms with van der Waals surface area (Å²) in [5.41, 5.74) is 2.83. The van der Waals surface area contributed by atoms with Crippen molar-refractivity contribution in [3.63, 3.8) is 0 Å². The lowest BCUT2D eigenvalue weighted by atomic mass is 10.2. The minimum Gasteiger partial charge on any atom is -0.507 e. The zero-order valence-corrected chi connectivity index (χ0v) is 15.3. The molecule has 1 amide bonds. The molecule has 0 spiro atoms. The molecule has 0 atom stereocenters. The summed E-state index contributed by atoms with van der Waals surface area (Å²) >= 11 is 6.44. The van der Waals surface area contributed by atoms with Gasteiger partial charge in [-0.25, -0.2) is 0 Å². The third kappa shape index (κ3) is 3.66. The van der Waals surface area contributed by atoms with Crippen LogP contribution in [0.4, 0.5) is 0 Å². The topological polar surface area (TPSA) is 80.6 Å². The first-order valence-corrected chi connectivity index (χ1v) is 8.73. The number of para-hydroxylation sites is 1. The number of phenolic OH excluding ortho intramolecular Hbond substituents is 1. The Labute approximate surface area is 157 Å². The maximum atomic E-state index is 12.4. The number of ether oxygens (including phenoxy) is 1. The molecule has 1 aromatic heterocycles. The van der Waals surface area contributed by atoms with Gasteiger partial charge in [-0.2, -0.15) is 4.68 Å². The Balaban J connectivity index is 1.93. The highest BCUT2D eigenvalue weighted by Crippen LogP contribution is 2.25. The Morgan fingerprint density at radius 1 is 1.19 bits per heavy atom. The third-order valence-corrected chi connectivity index (χ3v) is 4.95. The van der Waals surface area contributed by atoms with Crippen LogP contribution in [-0.4, -0.2) is 22.8 Å². The molecule has 132 valence electrons. The van der Waals surface area contributed by atoms with Crippen molar-refractivity contribution >= 4 is 29.5 Å². The number of rotatable bonds is 4. The van der Waals surface area contributed by atoms with Gasteiger partial charge in [-0.1, -0.05) is 12.1 Å². The van der Waals surface area contributed by atoms with Gasteiger partial charge in [-0.15, -0.1) is 11.3 Å². The molecule has 0 saturated carbocycles. The molecule has 0 aliphatic rings. The number of phenols is 1. The first-order chi connectivity index (χ1) is 12.5. The quantitative estimate of drug-likeness (QED) is 0.672. The molecular formula is C18H14N2O4S2. The minimum absolute atomic E-state index is 0.0537. The van der Waals surface area contributed by atoms with Gasteiger partial charge in [-0.05, 0) is 54.2 Å². The summed E-state index contributed by atoms with van der Waals surface area (Å²) in [5.74, 6) is -0.0937. The lowest BCUT2D eigenvalue weighted by Crippen LogP contribution is -2.32. The maximum Gasteiger partial charge on any atom is 0.274 e. The second kappa shape index (κ2) is 7.51. The summed E-state index contributed by atoms with van der Waals surface area (Å²) in [7, 11) is 1.58. The SMILES string of the molecule is COc1ccc(-c2cc(=O)n(NC(=O)c3ccccc3O)c(=S)s2)cc1. The van der Waals surface area contributed by atoms with E-state index in [0.717, 1.165) is 10.2 Å². The predicted molar refractivity (Wildman–Crippen MR) is 103 cm³/mol. The van der Waals surface area contributed by atoms with Crippen molar-refractivity contribution < 1.29 is 14.6 Å². The molecule has 0 unspecified atom stereocenters. The Bertz CT molecular complexity index is 1040. The molecule has 0 radical (unpaired) electrons. The van der Waals surface area contributed by atoms with Crippen LogP contribution in [0.2, 0.25) is 0 Å². The Morgan fingerprint density at radius 3 is 2.50 bits per heavy atom. The Morgan fingerprint density at radius 2 is 1.88 bits per heavy atom. The van der Waals surface area contributed by atoms with Gasteiger partial charge in [0.1, 0.15) is 11.5 Å². The number of amides is 1. The zero-order chi connectivity index (χ0) is 18.7. The van der Waals surface area contributed by atoms with E-state index in [0.29, 0.717) is 10.6 Å². The van der Waals surface area contributed by atoms with Crippen molar-refractivity contribution in [2.75, 3.05) is 12.5 Å². The van der Waals surface area contributed by atoms with Crippen molar-refractivity contribution in [1.29, 1.82) is 0 Å². The smallest absolute Gasteiger partial charge is 0.274 e. The van der Waals surface area contributed by atoms with Crippen LogP contribution in [-0.2, 0) is 0 Å². The molecule has 6 nitrogen and oxygen atoms in total.